The van der Waals surface area contributed by atoms with E-state index in [-0.39, 0.29) is 11.6 Å². The Balaban J connectivity index is 2.45. The van der Waals surface area contributed by atoms with Gasteiger partial charge in [-0.05, 0) is 24.5 Å². The number of nitro benzene ring substituents is 1. The van der Waals surface area contributed by atoms with Crippen molar-refractivity contribution in [3.63, 3.8) is 0 Å². The van der Waals surface area contributed by atoms with Crippen LogP contribution in [0.2, 0.25) is 5.15 Å². The van der Waals surface area contributed by atoms with Crippen molar-refractivity contribution >= 4 is 17.3 Å². The van der Waals surface area contributed by atoms with Gasteiger partial charge in [-0.2, -0.15) is 0 Å². The molecule has 2 rings (SSSR count). The van der Waals surface area contributed by atoms with E-state index in [0.29, 0.717) is 22.3 Å². The fourth-order valence-electron chi connectivity index (χ4n) is 1.84. The summed E-state index contributed by atoms with van der Waals surface area (Å²) in [6, 6.07) is 4.43. The van der Waals surface area contributed by atoms with Crippen LogP contribution in [0.15, 0.2) is 24.5 Å². The molecule has 0 amide bonds. The van der Waals surface area contributed by atoms with Crippen molar-refractivity contribution in [2.24, 2.45) is 0 Å². The summed E-state index contributed by atoms with van der Waals surface area (Å²) in [5.41, 5.74) is 1.40. The third kappa shape index (κ3) is 3.28. The average Bonchev–Trinajstić information content (AvgIpc) is 2.40. The summed E-state index contributed by atoms with van der Waals surface area (Å²) < 4.78 is 5.73. The number of benzene rings is 1. The van der Waals surface area contributed by atoms with E-state index in [1.54, 1.807) is 13.0 Å². The number of ether oxygens (including phenoxy) is 1. The summed E-state index contributed by atoms with van der Waals surface area (Å²) in [5, 5.41) is 11.2. The maximum atomic E-state index is 10.8. The van der Waals surface area contributed by atoms with Crippen molar-refractivity contribution in [3.05, 3.63) is 50.9 Å². The topological polar surface area (TPSA) is 78.2 Å². The molecule has 0 N–H and O–H groups in total. The van der Waals surface area contributed by atoms with Gasteiger partial charge in [0.2, 0.25) is 5.88 Å². The maximum Gasteiger partial charge on any atom is 0.273 e. The summed E-state index contributed by atoms with van der Waals surface area (Å²) in [4.78, 5) is 18.4. The molecular weight excluding hydrogens is 294 g/mol. The smallest absolute Gasteiger partial charge is 0.273 e. The molecule has 1 aromatic carbocycles. The van der Waals surface area contributed by atoms with E-state index in [9.17, 15) is 10.1 Å². The van der Waals surface area contributed by atoms with Gasteiger partial charge in [0, 0.05) is 6.07 Å². The summed E-state index contributed by atoms with van der Waals surface area (Å²) in [6.07, 6.45) is 1.30. The Labute approximate surface area is 126 Å². The first kappa shape index (κ1) is 15.2. The molecule has 0 saturated carbocycles. The van der Waals surface area contributed by atoms with Crippen molar-refractivity contribution < 1.29 is 9.66 Å². The Bertz CT molecular complexity index is 689. The molecule has 0 saturated heterocycles. The van der Waals surface area contributed by atoms with Crippen LogP contribution in [-0.4, -0.2) is 14.9 Å². The van der Waals surface area contributed by atoms with Gasteiger partial charge in [0.15, 0.2) is 0 Å². The fourth-order valence-corrected chi connectivity index (χ4v) is 2.18. The Morgan fingerprint density at radius 2 is 2.05 bits per heavy atom. The van der Waals surface area contributed by atoms with Gasteiger partial charge in [-0.25, -0.2) is 9.97 Å². The first-order chi connectivity index (χ1) is 9.90. The highest BCUT2D eigenvalue weighted by Crippen LogP contribution is 2.34. The molecule has 0 aliphatic rings. The van der Waals surface area contributed by atoms with Gasteiger partial charge in [0.1, 0.15) is 17.2 Å². The largest absolute Gasteiger partial charge is 0.438 e. The third-order valence-electron chi connectivity index (χ3n) is 2.97. The molecule has 110 valence electrons. The minimum atomic E-state index is -0.470. The highest BCUT2D eigenvalue weighted by atomic mass is 35.5. The Morgan fingerprint density at radius 3 is 2.67 bits per heavy atom. The van der Waals surface area contributed by atoms with Gasteiger partial charge in [-0.3, -0.25) is 10.1 Å². The number of nitrogens with zero attached hydrogens (tertiary/aromatic N) is 3. The van der Waals surface area contributed by atoms with E-state index in [1.165, 1.54) is 18.5 Å². The van der Waals surface area contributed by atoms with Crippen molar-refractivity contribution in [2.75, 3.05) is 0 Å². The van der Waals surface area contributed by atoms with E-state index >= 15 is 0 Å². The Morgan fingerprint density at radius 1 is 1.33 bits per heavy atom. The van der Waals surface area contributed by atoms with Gasteiger partial charge in [0.25, 0.3) is 5.69 Å². The highest BCUT2D eigenvalue weighted by molar-refractivity contribution is 6.30. The molecule has 0 aliphatic carbocycles. The first-order valence-electron chi connectivity index (χ1n) is 6.33. The van der Waals surface area contributed by atoms with Crippen molar-refractivity contribution in [1.29, 1.82) is 0 Å². The van der Waals surface area contributed by atoms with Crippen molar-refractivity contribution in [1.82, 2.24) is 9.97 Å². The molecule has 6 nitrogen and oxygen atoms in total. The summed E-state index contributed by atoms with van der Waals surface area (Å²) in [5.74, 6) is 0.752. The number of halogens is 1. The molecule has 1 heterocycles. The average molecular weight is 308 g/mol. The molecule has 0 radical (unpaired) electrons. The van der Waals surface area contributed by atoms with Crippen molar-refractivity contribution in [2.45, 2.75) is 26.7 Å². The quantitative estimate of drug-likeness (QED) is 0.479. The van der Waals surface area contributed by atoms with Crippen molar-refractivity contribution in [3.8, 4) is 11.6 Å². The predicted octanol–water partition coefficient (Wildman–Crippen LogP) is 4.26. The molecule has 0 atom stereocenters. The van der Waals surface area contributed by atoms with Gasteiger partial charge >= 0.3 is 0 Å². The van der Waals surface area contributed by atoms with Crippen LogP contribution in [0, 0.1) is 17.0 Å². The minimum absolute atomic E-state index is 0.0400. The Hall–Kier alpha value is -2.21. The lowest BCUT2D eigenvalue weighted by Gasteiger charge is -2.14. The van der Waals surface area contributed by atoms with Crippen LogP contribution in [0.4, 0.5) is 5.69 Å². The van der Waals surface area contributed by atoms with Crippen LogP contribution >= 0.6 is 11.6 Å². The molecule has 1 aromatic heterocycles. The first-order valence-corrected chi connectivity index (χ1v) is 6.71. The molecule has 0 fully saturated rings. The van der Waals surface area contributed by atoms with Gasteiger partial charge < -0.3 is 4.74 Å². The number of non-ortho nitro benzene ring substituents is 1. The lowest BCUT2D eigenvalue weighted by Crippen LogP contribution is -2.01. The zero-order valence-electron chi connectivity index (χ0n) is 11.8. The van der Waals surface area contributed by atoms with E-state index in [2.05, 4.69) is 9.97 Å². The number of aromatic nitrogens is 2. The molecule has 7 heteroatoms. The van der Waals surface area contributed by atoms with Crippen LogP contribution in [0.5, 0.6) is 11.6 Å². The minimum Gasteiger partial charge on any atom is -0.438 e. The summed E-state index contributed by atoms with van der Waals surface area (Å²) >= 11 is 6.07. The summed E-state index contributed by atoms with van der Waals surface area (Å²) in [7, 11) is 0. The number of nitro groups is 1. The SMILES string of the molecule is Cc1ccc([N+](=O)[O-])cc1Oc1ncnc(Cl)c1C(C)C. The lowest BCUT2D eigenvalue weighted by atomic mass is 10.1. The maximum absolute atomic E-state index is 10.8. The van der Waals surface area contributed by atoms with Crippen LogP contribution in [0.25, 0.3) is 0 Å². The molecule has 0 bridgehead atoms. The molecule has 0 spiro atoms. The Kier molecular flexibility index (Phi) is 4.37. The zero-order chi connectivity index (χ0) is 15.6. The lowest BCUT2D eigenvalue weighted by molar-refractivity contribution is -0.384. The number of aryl methyl sites for hydroxylation is 1. The van der Waals surface area contributed by atoms with Gasteiger partial charge in [-0.15, -0.1) is 0 Å². The number of hydrogen-bond donors (Lipinski definition) is 0. The molecule has 0 unspecified atom stereocenters. The zero-order valence-corrected chi connectivity index (χ0v) is 12.6. The predicted molar refractivity (Wildman–Crippen MR) is 79.0 cm³/mol. The molecule has 2 aromatic rings. The van der Waals surface area contributed by atoms with E-state index < -0.39 is 4.92 Å². The monoisotopic (exact) mass is 307 g/mol. The second kappa shape index (κ2) is 6.05. The highest BCUT2D eigenvalue weighted by Gasteiger charge is 2.17. The standard InChI is InChI=1S/C14H14ClN3O3/c1-8(2)12-13(15)16-7-17-14(12)21-11-6-10(18(19)20)5-4-9(11)3/h4-8H,1-3H3. The third-order valence-corrected chi connectivity index (χ3v) is 3.27. The van der Waals surface area contributed by atoms with Crippen LogP contribution in [-0.2, 0) is 0 Å². The van der Waals surface area contributed by atoms with E-state index in [1.807, 2.05) is 13.8 Å². The second-order valence-corrected chi connectivity index (χ2v) is 5.20. The number of rotatable bonds is 4. The fraction of sp³-hybridized carbons (Fsp3) is 0.286. The van der Waals surface area contributed by atoms with Crippen LogP contribution in [0.1, 0.15) is 30.9 Å². The second-order valence-electron chi connectivity index (χ2n) is 4.85. The van der Waals surface area contributed by atoms with Gasteiger partial charge in [-0.1, -0.05) is 25.4 Å². The van der Waals surface area contributed by atoms with E-state index in [4.69, 9.17) is 16.3 Å². The van der Waals surface area contributed by atoms with E-state index in [0.717, 1.165) is 5.56 Å². The summed E-state index contributed by atoms with van der Waals surface area (Å²) in [6.45, 7) is 5.69. The molecule has 21 heavy (non-hydrogen) atoms. The molecule has 0 aliphatic heterocycles. The normalized spacial score (nSPS) is 10.7. The number of hydrogen-bond acceptors (Lipinski definition) is 5. The molecular formula is C14H14ClN3O3. The van der Waals surface area contributed by atoms with Gasteiger partial charge in [0.05, 0.1) is 16.6 Å². The van der Waals surface area contributed by atoms with Crippen LogP contribution < -0.4 is 4.74 Å². The van der Waals surface area contributed by atoms with Crippen LogP contribution in [0.3, 0.4) is 0 Å².